The summed E-state index contributed by atoms with van der Waals surface area (Å²) >= 11 is 0. The van der Waals surface area contributed by atoms with E-state index in [0.717, 1.165) is 24.2 Å². The SMILES string of the molecule is O=C(N[C@H]1C[C@@]2(O)[C@H]3Cc4ccc(O)cc4[C@@]2(CCN3CC2CC2)CC1=O)c1ccccc1. The summed E-state index contributed by atoms with van der Waals surface area (Å²) in [5.74, 6) is 0.522. The minimum atomic E-state index is -1.15. The highest BCUT2D eigenvalue weighted by Gasteiger charge is 2.66. The van der Waals surface area contributed by atoms with Crippen LogP contribution in [0.5, 0.6) is 5.75 Å². The molecule has 0 radical (unpaired) electrons. The number of fused-ring (bicyclic) bond motifs is 1. The van der Waals surface area contributed by atoms with Crippen molar-refractivity contribution >= 4 is 11.7 Å². The summed E-state index contributed by atoms with van der Waals surface area (Å²) in [6.45, 7) is 1.82. The monoisotopic (exact) mass is 446 g/mol. The van der Waals surface area contributed by atoms with E-state index >= 15 is 0 Å². The Labute approximate surface area is 193 Å². The molecule has 6 heteroatoms. The Morgan fingerprint density at radius 3 is 2.70 bits per heavy atom. The second kappa shape index (κ2) is 7.40. The maximum atomic E-state index is 13.4. The second-order valence-electron chi connectivity index (χ2n) is 10.5. The highest BCUT2D eigenvalue weighted by Crippen LogP contribution is 2.58. The molecule has 172 valence electrons. The third-order valence-electron chi connectivity index (χ3n) is 8.58. The number of ketones is 1. The standard InChI is InChI=1S/C27H30N2O4/c30-20-9-8-19-12-24-27(33)14-22(28-25(32)18-4-2-1-3-5-18)23(31)15-26(27,21(19)13-20)10-11-29(24)16-17-6-7-17/h1-5,8-9,13,17,22,24,30,33H,6-7,10-12,14-16H2,(H,28,32)/t22-,24+,26+,27+/m0/s1. The summed E-state index contributed by atoms with van der Waals surface area (Å²) in [6, 6.07) is 13.5. The highest BCUT2D eigenvalue weighted by atomic mass is 16.3. The van der Waals surface area contributed by atoms with Gasteiger partial charge in [-0.2, -0.15) is 0 Å². The second-order valence-corrected chi connectivity index (χ2v) is 10.5. The molecule has 3 fully saturated rings. The van der Waals surface area contributed by atoms with Crippen LogP contribution in [0.1, 0.15) is 53.6 Å². The summed E-state index contributed by atoms with van der Waals surface area (Å²) in [5.41, 5.74) is 0.654. The average molecular weight is 447 g/mol. The molecule has 0 unspecified atom stereocenters. The van der Waals surface area contributed by atoms with Crippen molar-refractivity contribution in [1.29, 1.82) is 0 Å². The van der Waals surface area contributed by atoms with Crippen LogP contribution < -0.4 is 5.32 Å². The predicted molar refractivity (Wildman–Crippen MR) is 123 cm³/mol. The van der Waals surface area contributed by atoms with Crippen molar-refractivity contribution in [2.75, 3.05) is 13.1 Å². The fourth-order valence-electron chi connectivity index (χ4n) is 6.72. The largest absolute Gasteiger partial charge is 0.508 e. The Hall–Kier alpha value is -2.70. The molecule has 1 saturated heterocycles. The van der Waals surface area contributed by atoms with Crippen LogP contribution in [0, 0.1) is 5.92 Å². The zero-order valence-corrected chi connectivity index (χ0v) is 18.7. The summed E-state index contributed by atoms with van der Waals surface area (Å²) in [7, 11) is 0. The molecule has 0 aromatic heterocycles. The lowest BCUT2D eigenvalue weighted by Crippen LogP contribution is -2.76. The Balaban J connectivity index is 1.38. The Kier molecular flexibility index (Phi) is 4.68. The number of carbonyl (C=O) groups is 2. The molecule has 6 rings (SSSR count). The zero-order valence-electron chi connectivity index (χ0n) is 18.7. The van der Waals surface area contributed by atoms with E-state index in [1.165, 1.54) is 12.8 Å². The fraction of sp³-hybridized carbons (Fsp3) is 0.481. The van der Waals surface area contributed by atoms with E-state index in [9.17, 15) is 19.8 Å². The van der Waals surface area contributed by atoms with Gasteiger partial charge in [0.15, 0.2) is 5.78 Å². The van der Waals surface area contributed by atoms with E-state index in [-0.39, 0.29) is 36.3 Å². The van der Waals surface area contributed by atoms with Gasteiger partial charge in [-0.15, -0.1) is 0 Å². The molecule has 0 spiro atoms. The lowest BCUT2D eigenvalue weighted by atomic mass is 9.48. The van der Waals surface area contributed by atoms with Crippen LogP contribution in [0.15, 0.2) is 48.5 Å². The van der Waals surface area contributed by atoms with Gasteiger partial charge in [-0.25, -0.2) is 0 Å². The molecule has 1 aliphatic heterocycles. The quantitative estimate of drug-likeness (QED) is 0.672. The van der Waals surface area contributed by atoms with Crippen LogP contribution in [-0.2, 0) is 16.6 Å². The number of hydrogen-bond acceptors (Lipinski definition) is 5. The van der Waals surface area contributed by atoms with Crippen molar-refractivity contribution in [1.82, 2.24) is 10.2 Å². The van der Waals surface area contributed by atoms with Crippen LogP contribution in [0.3, 0.4) is 0 Å². The maximum Gasteiger partial charge on any atom is 0.251 e. The molecule has 4 aliphatic rings. The number of hydrogen-bond donors (Lipinski definition) is 3. The molecule has 3 aliphatic carbocycles. The van der Waals surface area contributed by atoms with Gasteiger partial charge in [-0.05, 0) is 73.5 Å². The van der Waals surface area contributed by atoms with Crippen molar-refractivity contribution in [2.24, 2.45) is 5.92 Å². The fourth-order valence-corrected chi connectivity index (χ4v) is 6.72. The molecule has 2 bridgehead atoms. The molecule has 1 heterocycles. The van der Waals surface area contributed by atoms with E-state index in [1.807, 2.05) is 12.1 Å². The molecule has 2 saturated carbocycles. The van der Waals surface area contributed by atoms with E-state index < -0.39 is 17.1 Å². The molecule has 2 aromatic rings. The van der Waals surface area contributed by atoms with Gasteiger partial charge in [0.25, 0.3) is 5.91 Å². The normalized spacial score (nSPS) is 33.2. The van der Waals surface area contributed by atoms with Gasteiger partial charge in [0.1, 0.15) is 5.75 Å². The van der Waals surface area contributed by atoms with Crippen molar-refractivity contribution in [3.63, 3.8) is 0 Å². The number of likely N-dealkylation sites (tertiary alicyclic amines) is 1. The number of aromatic hydroxyl groups is 1. The number of carbonyl (C=O) groups excluding carboxylic acids is 2. The number of Topliss-reactive ketones (excluding diaryl/α,β-unsaturated/α-hetero) is 1. The number of piperidine rings is 1. The lowest BCUT2D eigenvalue weighted by molar-refractivity contribution is -0.177. The number of rotatable bonds is 4. The number of nitrogens with zero attached hydrogens (tertiary/aromatic N) is 1. The molecule has 2 aromatic carbocycles. The van der Waals surface area contributed by atoms with Gasteiger partial charge in [-0.1, -0.05) is 24.3 Å². The minimum Gasteiger partial charge on any atom is -0.508 e. The molecule has 1 amide bonds. The lowest BCUT2D eigenvalue weighted by Gasteiger charge is -2.64. The average Bonchev–Trinajstić information content (AvgIpc) is 3.62. The first-order valence-electron chi connectivity index (χ1n) is 12.1. The number of aliphatic hydroxyl groups is 1. The number of nitrogens with one attached hydrogen (secondary N) is 1. The predicted octanol–water partition coefficient (Wildman–Crippen LogP) is 2.56. The van der Waals surface area contributed by atoms with Gasteiger partial charge < -0.3 is 15.5 Å². The van der Waals surface area contributed by atoms with Crippen LogP contribution >= 0.6 is 0 Å². The zero-order chi connectivity index (χ0) is 22.8. The van der Waals surface area contributed by atoms with E-state index in [0.29, 0.717) is 24.3 Å². The smallest absolute Gasteiger partial charge is 0.251 e. The molecule has 3 N–H and O–H groups in total. The Morgan fingerprint density at radius 2 is 1.94 bits per heavy atom. The van der Waals surface area contributed by atoms with Gasteiger partial charge in [0, 0.05) is 36.4 Å². The first kappa shape index (κ1) is 20.9. The first-order valence-corrected chi connectivity index (χ1v) is 12.1. The summed E-state index contributed by atoms with van der Waals surface area (Å²) < 4.78 is 0. The number of phenols is 1. The number of phenolic OH excluding ortho intramolecular Hbond substituents is 1. The Bertz CT molecular complexity index is 1110. The van der Waals surface area contributed by atoms with Crippen molar-refractivity contribution in [2.45, 2.75) is 61.6 Å². The van der Waals surface area contributed by atoms with Crippen LogP contribution in [0.4, 0.5) is 0 Å². The number of amides is 1. The van der Waals surface area contributed by atoms with Crippen LogP contribution in [0.2, 0.25) is 0 Å². The minimum absolute atomic E-state index is 0.0467. The van der Waals surface area contributed by atoms with Crippen LogP contribution in [0.25, 0.3) is 0 Å². The summed E-state index contributed by atoms with van der Waals surface area (Å²) in [6.07, 6.45) is 4.22. The van der Waals surface area contributed by atoms with Crippen molar-refractivity contribution < 1.29 is 19.8 Å². The van der Waals surface area contributed by atoms with Crippen LogP contribution in [-0.4, -0.2) is 57.6 Å². The summed E-state index contributed by atoms with van der Waals surface area (Å²) in [5, 5.41) is 25.6. The van der Waals surface area contributed by atoms with Gasteiger partial charge >= 0.3 is 0 Å². The van der Waals surface area contributed by atoms with Gasteiger partial charge in [0.2, 0.25) is 0 Å². The molecular formula is C27H30N2O4. The van der Waals surface area contributed by atoms with Crippen molar-refractivity contribution in [3.8, 4) is 5.75 Å². The summed E-state index contributed by atoms with van der Waals surface area (Å²) in [4.78, 5) is 28.7. The first-order chi connectivity index (χ1) is 15.9. The van der Waals surface area contributed by atoms with E-state index in [1.54, 1.807) is 36.4 Å². The molecule has 4 atom stereocenters. The Morgan fingerprint density at radius 1 is 1.15 bits per heavy atom. The molecule has 33 heavy (non-hydrogen) atoms. The maximum absolute atomic E-state index is 13.4. The molecule has 6 nitrogen and oxygen atoms in total. The van der Waals surface area contributed by atoms with Gasteiger partial charge in [-0.3, -0.25) is 14.5 Å². The van der Waals surface area contributed by atoms with Crippen molar-refractivity contribution in [3.05, 3.63) is 65.2 Å². The number of benzene rings is 2. The third-order valence-corrected chi connectivity index (χ3v) is 8.58. The van der Waals surface area contributed by atoms with Gasteiger partial charge in [0.05, 0.1) is 11.6 Å². The molecular weight excluding hydrogens is 416 g/mol. The third kappa shape index (κ3) is 3.22. The highest BCUT2D eigenvalue weighted by molar-refractivity contribution is 5.98. The van der Waals surface area contributed by atoms with E-state index in [2.05, 4.69) is 10.2 Å². The van der Waals surface area contributed by atoms with E-state index in [4.69, 9.17) is 0 Å². The topological polar surface area (TPSA) is 89.9 Å².